The lowest BCUT2D eigenvalue weighted by Gasteiger charge is -2.01. The van der Waals surface area contributed by atoms with Gasteiger partial charge in [-0.05, 0) is 12.1 Å². The SMILES string of the molecule is Nc1nnc(S(=O)(=O)NCCc2ccco2)s1. The fraction of sp³-hybridized carbons (Fsp3) is 0.250. The number of nitrogens with two attached hydrogens (primary N) is 1. The molecule has 0 fully saturated rings. The van der Waals surface area contributed by atoms with Crippen LogP contribution >= 0.6 is 11.3 Å². The van der Waals surface area contributed by atoms with Gasteiger partial charge in [0.25, 0.3) is 10.0 Å². The smallest absolute Gasteiger partial charge is 0.269 e. The summed E-state index contributed by atoms with van der Waals surface area (Å²) in [6.45, 7) is 0.231. The van der Waals surface area contributed by atoms with Crippen LogP contribution in [0, 0.1) is 0 Å². The third-order valence-corrected chi connectivity index (χ3v) is 4.48. The summed E-state index contributed by atoms with van der Waals surface area (Å²) in [6.07, 6.45) is 2.01. The maximum atomic E-state index is 11.7. The van der Waals surface area contributed by atoms with Gasteiger partial charge in [-0.15, -0.1) is 10.2 Å². The summed E-state index contributed by atoms with van der Waals surface area (Å²) in [4.78, 5) is 0. The molecule has 2 aromatic rings. The van der Waals surface area contributed by atoms with E-state index in [0.717, 1.165) is 11.3 Å². The van der Waals surface area contributed by atoms with E-state index < -0.39 is 10.0 Å². The third-order valence-electron chi connectivity index (χ3n) is 1.90. The largest absolute Gasteiger partial charge is 0.469 e. The molecule has 9 heteroatoms. The summed E-state index contributed by atoms with van der Waals surface area (Å²) in [5.41, 5.74) is 5.32. The number of anilines is 1. The van der Waals surface area contributed by atoms with Crippen LogP contribution in [0.5, 0.6) is 0 Å². The van der Waals surface area contributed by atoms with Crippen LogP contribution in [0.15, 0.2) is 27.2 Å². The molecule has 0 aromatic carbocycles. The number of aromatic nitrogens is 2. The molecule has 0 saturated heterocycles. The number of nitrogens with zero attached hydrogens (tertiary/aromatic N) is 2. The summed E-state index contributed by atoms with van der Waals surface area (Å²) in [6, 6.07) is 3.52. The minimum absolute atomic E-state index is 0.122. The van der Waals surface area contributed by atoms with Crippen LogP contribution in [0.2, 0.25) is 0 Å². The molecule has 0 radical (unpaired) electrons. The van der Waals surface area contributed by atoms with Gasteiger partial charge in [0.05, 0.1) is 6.26 Å². The zero-order valence-corrected chi connectivity index (χ0v) is 10.3. The van der Waals surface area contributed by atoms with Gasteiger partial charge in [-0.1, -0.05) is 11.3 Å². The molecule has 0 aliphatic heterocycles. The normalized spacial score (nSPS) is 11.8. The van der Waals surface area contributed by atoms with E-state index in [0.29, 0.717) is 12.2 Å². The van der Waals surface area contributed by atoms with Gasteiger partial charge in [-0.25, -0.2) is 13.1 Å². The van der Waals surface area contributed by atoms with Gasteiger partial charge < -0.3 is 10.2 Å². The molecule has 0 aliphatic rings. The minimum Gasteiger partial charge on any atom is -0.469 e. The second-order valence-electron chi connectivity index (χ2n) is 3.13. The molecule has 0 spiro atoms. The van der Waals surface area contributed by atoms with Crippen LogP contribution in [-0.2, 0) is 16.4 Å². The summed E-state index contributed by atoms with van der Waals surface area (Å²) in [5.74, 6) is 0.712. The molecular weight excluding hydrogens is 264 g/mol. The Hall–Kier alpha value is -1.45. The predicted molar refractivity (Wildman–Crippen MR) is 61.9 cm³/mol. The second-order valence-corrected chi connectivity index (χ2v) is 6.08. The van der Waals surface area contributed by atoms with E-state index in [1.54, 1.807) is 12.1 Å². The van der Waals surface area contributed by atoms with Gasteiger partial charge >= 0.3 is 0 Å². The van der Waals surface area contributed by atoms with Crippen molar-refractivity contribution in [3.63, 3.8) is 0 Å². The van der Waals surface area contributed by atoms with E-state index in [1.165, 1.54) is 6.26 Å². The highest BCUT2D eigenvalue weighted by Crippen LogP contribution is 2.16. The first-order valence-corrected chi connectivity index (χ1v) is 6.99. The highest BCUT2D eigenvalue weighted by Gasteiger charge is 2.18. The van der Waals surface area contributed by atoms with Crippen LogP contribution in [0.25, 0.3) is 0 Å². The Kier molecular flexibility index (Phi) is 3.41. The summed E-state index contributed by atoms with van der Waals surface area (Å²) in [7, 11) is -3.62. The Morgan fingerprint density at radius 2 is 2.29 bits per heavy atom. The van der Waals surface area contributed by atoms with Crippen molar-refractivity contribution >= 4 is 26.5 Å². The molecule has 0 bridgehead atoms. The quantitative estimate of drug-likeness (QED) is 0.807. The topological polar surface area (TPSA) is 111 Å². The van der Waals surface area contributed by atoms with Crippen molar-refractivity contribution in [1.29, 1.82) is 0 Å². The Labute approximate surface area is 102 Å². The monoisotopic (exact) mass is 274 g/mol. The van der Waals surface area contributed by atoms with Crippen LogP contribution in [0.1, 0.15) is 5.76 Å². The zero-order chi connectivity index (χ0) is 12.3. The zero-order valence-electron chi connectivity index (χ0n) is 8.66. The summed E-state index contributed by atoms with van der Waals surface area (Å²) in [5, 5.41) is 7.04. The first-order valence-electron chi connectivity index (χ1n) is 4.69. The highest BCUT2D eigenvalue weighted by atomic mass is 32.2. The number of rotatable bonds is 5. The van der Waals surface area contributed by atoms with Gasteiger partial charge in [0.1, 0.15) is 5.76 Å². The van der Waals surface area contributed by atoms with Gasteiger partial charge in [0.15, 0.2) is 0 Å². The van der Waals surface area contributed by atoms with Crippen molar-refractivity contribution in [2.45, 2.75) is 10.8 Å². The fourth-order valence-corrected chi connectivity index (χ4v) is 3.01. The van der Waals surface area contributed by atoms with Crippen molar-refractivity contribution in [3.8, 4) is 0 Å². The number of hydrogen-bond acceptors (Lipinski definition) is 7. The van der Waals surface area contributed by atoms with E-state index >= 15 is 0 Å². The molecule has 0 atom stereocenters. The molecule has 0 unspecified atom stereocenters. The molecule has 92 valence electrons. The van der Waals surface area contributed by atoms with Crippen LogP contribution in [0.4, 0.5) is 5.13 Å². The van der Waals surface area contributed by atoms with Gasteiger partial charge in [0.2, 0.25) is 9.47 Å². The van der Waals surface area contributed by atoms with Crippen molar-refractivity contribution in [3.05, 3.63) is 24.2 Å². The molecule has 0 saturated carbocycles. The molecule has 2 aromatic heterocycles. The van der Waals surface area contributed by atoms with Crippen LogP contribution < -0.4 is 10.5 Å². The minimum atomic E-state index is -3.62. The second kappa shape index (κ2) is 4.82. The summed E-state index contributed by atoms with van der Waals surface area (Å²) >= 11 is 0.824. The lowest BCUT2D eigenvalue weighted by molar-refractivity contribution is 0.505. The van der Waals surface area contributed by atoms with Crippen LogP contribution in [0.3, 0.4) is 0 Å². The lowest BCUT2D eigenvalue weighted by atomic mass is 10.3. The third kappa shape index (κ3) is 3.02. The molecule has 2 rings (SSSR count). The molecule has 3 N–H and O–H groups in total. The van der Waals surface area contributed by atoms with Crippen LogP contribution in [-0.4, -0.2) is 25.2 Å². The lowest BCUT2D eigenvalue weighted by Crippen LogP contribution is -2.25. The van der Waals surface area contributed by atoms with Crippen molar-refractivity contribution < 1.29 is 12.8 Å². The number of hydrogen-bond donors (Lipinski definition) is 2. The highest BCUT2D eigenvalue weighted by molar-refractivity contribution is 7.91. The number of sulfonamides is 1. The molecule has 17 heavy (non-hydrogen) atoms. The first-order chi connectivity index (χ1) is 8.08. The number of nitrogens with one attached hydrogen (secondary N) is 1. The first kappa shape index (κ1) is 12.0. The van der Waals surface area contributed by atoms with Crippen molar-refractivity contribution in [2.75, 3.05) is 12.3 Å². The standard InChI is InChI=1S/C8H10N4O3S2/c9-7-11-12-8(16-7)17(13,14)10-4-3-6-2-1-5-15-6/h1-2,5,10H,3-4H2,(H2,9,11). The molecule has 0 aliphatic carbocycles. The predicted octanol–water partition coefficient (Wildman–Crippen LogP) is 0.234. The molecule has 7 nitrogen and oxygen atoms in total. The Morgan fingerprint density at radius 1 is 1.47 bits per heavy atom. The molecular formula is C8H10N4O3S2. The van der Waals surface area contributed by atoms with E-state index in [9.17, 15) is 8.42 Å². The van der Waals surface area contributed by atoms with E-state index in [2.05, 4.69) is 14.9 Å². The molecule has 0 amide bonds. The number of furan rings is 1. The average Bonchev–Trinajstić information content (AvgIpc) is 2.89. The Balaban J connectivity index is 1.94. The average molecular weight is 274 g/mol. The fourth-order valence-electron chi connectivity index (χ4n) is 1.15. The van der Waals surface area contributed by atoms with E-state index in [-0.39, 0.29) is 16.0 Å². The van der Waals surface area contributed by atoms with E-state index in [4.69, 9.17) is 10.2 Å². The Bertz CT molecular complexity index is 576. The van der Waals surface area contributed by atoms with Gasteiger partial charge in [-0.2, -0.15) is 0 Å². The maximum Gasteiger partial charge on any atom is 0.269 e. The van der Waals surface area contributed by atoms with Crippen molar-refractivity contribution in [1.82, 2.24) is 14.9 Å². The van der Waals surface area contributed by atoms with Gasteiger partial charge in [-0.3, -0.25) is 0 Å². The van der Waals surface area contributed by atoms with Gasteiger partial charge in [0, 0.05) is 13.0 Å². The van der Waals surface area contributed by atoms with Crippen molar-refractivity contribution in [2.24, 2.45) is 0 Å². The summed E-state index contributed by atoms with van der Waals surface area (Å²) < 4.78 is 30.7. The number of nitrogen functional groups attached to an aromatic ring is 1. The molecule has 2 heterocycles. The Morgan fingerprint density at radius 3 is 2.88 bits per heavy atom. The van der Waals surface area contributed by atoms with E-state index in [1.807, 2.05) is 0 Å². The maximum absolute atomic E-state index is 11.7.